The van der Waals surface area contributed by atoms with E-state index >= 15 is 0 Å². The van der Waals surface area contributed by atoms with Crippen LogP contribution in [0.5, 0.6) is 0 Å². The van der Waals surface area contributed by atoms with Gasteiger partial charge in [-0.2, -0.15) is 0 Å². The third-order valence-electron chi connectivity index (χ3n) is 5.80. The van der Waals surface area contributed by atoms with E-state index in [0.29, 0.717) is 6.42 Å². The predicted molar refractivity (Wildman–Crippen MR) is 119 cm³/mol. The van der Waals surface area contributed by atoms with Crippen molar-refractivity contribution in [2.75, 3.05) is 0 Å². The van der Waals surface area contributed by atoms with E-state index in [9.17, 15) is 9.90 Å². The molecule has 0 aromatic rings. The van der Waals surface area contributed by atoms with Crippen LogP contribution < -0.4 is 0 Å². The molecule has 0 saturated carbocycles. The molecule has 0 aliphatic heterocycles. The largest absolute Gasteiger partial charge is 0.385 e. The molecule has 0 aromatic carbocycles. The molecule has 1 unspecified atom stereocenters. The maximum Gasteiger partial charge on any atom is 0.158 e. The third-order valence-corrected chi connectivity index (χ3v) is 5.80. The number of hydrogen-bond acceptors (Lipinski definition) is 2. The molecule has 0 aliphatic rings. The molecule has 1 atom stereocenters. The molecule has 0 bridgehead atoms. The number of carbonyl (C=O) groups excluding carboxylic acids is 1. The zero-order valence-corrected chi connectivity index (χ0v) is 18.8. The van der Waals surface area contributed by atoms with Crippen LogP contribution in [-0.4, -0.2) is 17.0 Å². The molecule has 0 spiro atoms. The monoisotopic (exact) mass is 382 g/mol. The van der Waals surface area contributed by atoms with Crippen LogP contribution in [0.3, 0.4) is 0 Å². The molecule has 0 aromatic heterocycles. The maximum atomic E-state index is 10.9. The van der Waals surface area contributed by atoms with Crippen LogP contribution in [0.2, 0.25) is 0 Å². The molecule has 0 rings (SSSR count). The smallest absolute Gasteiger partial charge is 0.158 e. The molecule has 0 saturated heterocycles. The SMILES string of the molecule is CCCCCCCCCCCCCCCCCCCCCCC(O)C(C)=O. The van der Waals surface area contributed by atoms with Crippen LogP contribution in [0.15, 0.2) is 0 Å². The van der Waals surface area contributed by atoms with Crippen LogP contribution in [0, 0.1) is 0 Å². The number of rotatable bonds is 22. The van der Waals surface area contributed by atoms with E-state index in [0.717, 1.165) is 12.8 Å². The normalized spacial score (nSPS) is 12.4. The summed E-state index contributed by atoms with van der Waals surface area (Å²) in [7, 11) is 0. The second-order valence-electron chi connectivity index (χ2n) is 8.63. The first kappa shape index (κ1) is 26.6. The number of Topliss-reactive ketones (excluding diaryl/α,β-unsaturated/α-hetero) is 1. The van der Waals surface area contributed by atoms with Crippen molar-refractivity contribution in [3.8, 4) is 0 Å². The first-order valence-corrected chi connectivity index (χ1v) is 12.4. The van der Waals surface area contributed by atoms with Gasteiger partial charge in [0, 0.05) is 0 Å². The lowest BCUT2D eigenvalue weighted by Crippen LogP contribution is -2.16. The summed E-state index contributed by atoms with van der Waals surface area (Å²) in [6, 6.07) is 0. The van der Waals surface area contributed by atoms with Gasteiger partial charge in [0.25, 0.3) is 0 Å². The lowest BCUT2D eigenvalue weighted by molar-refractivity contribution is -0.125. The fraction of sp³-hybridized carbons (Fsp3) is 0.960. The minimum atomic E-state index is -0.722. The van der Waals surface area contributed by atoms with E-state index in [1.54, 1.807) is 0 Å². The number of aliphatic hydroxyl groups is 1. The Hall–Kier alpha value is -0.370. The van der Waals surface area contributed by atoms with Gasteiger partial charge in [-0.25, -0.2) is 0 Å². The highest BCUT2D eigenvalue weighted by Crippen LogP contribution is 2.15. The van der Waals surface area contributed by atoms with Crippen molar-refractivity contribution < 1.29 is 9.90 Å². The molecule has 162 valence electrons. The lowest BCUT2D eigenvalue weighted by Gasteiger charge is -2.06. The van der Waals surface area contributed by atoms with Crippen molar-refractivity contribution in [3.05, 3.63) is 0 Å². The summed E-state index contributed by atoms with van der Waals surface area (Å²) in [5, 5.41) is 9.43. The van der Waals surface area contributed by atoms with E-state index in [1.165, 1.54) is 122 Å². The van der Waals surface area contributed by atoms with E-state index in [1.807, 2.05) is 0 Å². The first-order valence-electron chi connectivity index (χ1n) is 12.4. The Morgan fingerprint density at radius 2 is 0.815 bits per heavy atom. The Balaban J connectivity index is 3.04. The Bertz CT molecular complexity index is 301. The Kier molecular flexibility index (Phi) is 21.6. The molecule has 2 heteroatoms. The van der Waals surface area contributed by atoms with Gasteiger partial charge in [-0.05, 0) is 13.3 Å². The van der Waals surface area contributed by atoms with Gasteiger partial charge in [0.15, 0.2) is 5.78 Å². The van der Waals surface area contributed by atoms with Gasteiger partial charge in [-0.15, -0.1) is 0 Å². The van der Waals surface area contributed by atoms with Gasteiger partial charge in [0.05, 0.1) is 0 Å². The predicted octanol–water partition coefficient (Wildman–Crippen LogP) is 8.15. The summed E-state index contributed by atoms with van der Waals surface area (Å²) >= 11 is 0. The zero-order valence-electron chi connectivity index (χ0n) is 18.8. The molecule has 1 N–H and O–H groups in total. The summed E-state index contributed by atoms with van der Waals surface area (Å²) in [6.07, 6.45) is 27.5. The topological polar surface area (TPSA) is 37.3 Å². The Morgan fingerprint density at radius 1 is 0.556 bits per heavy atom. The molecule has 0 fully saturated rings. The molecule has 27 heavy (non-hydrogen) atoms. The van der Waals surface area contributed by atoms with Crippen LogP contribution in [0.1, 0.15) is 149 Å². The van der Waals surface area contributed by atoms with Gasteiger partial charge in [0.1, 0.15) is 6.10 Å². The summed E-state index contributed by atoms with van der Waals surface area (Å²) < 4.78 is 0. The van der Waals surface area contributed by atoms with Crippen LogP contribution >= 0.6 is 0 Å². The summed E-state index contributed by atoms with van der Waals surface area (Å²) in [4.78, 5) is 10.9. The lowest BCUT2D eigenvalue weighted by atomic mass is 10.0. The molecule has 0 radical (unpaired) electrons. The van der Waals surface area contributed by atoms with Crippen LogP contribution in [0.4, 0.5) is 0 Å². The standard InChI is InChI=1S/C25H50O2/c1-3-4-5-6-7-8-9-10-11-12-13-14-15-16-17-18-19-20-21-22-23-25(27)24(2)26/h25,27H,3-23H2,1-2H3. The molecule has 0 aliphatic carbocycles. The van der Waals surface area contributed by atoms with Crippen molar-refractivity contribution >= 4 is 5.78 Å². The zero-order chi connectivity index (χ0) is 20.0. The number of aliphatic hydroxyl groups excluding tert-OH is 1. The first-order chi connectivity index (χ1) is 13.2. The van der Waals surface area contributed by atoms with E-state index in [4.69, 9.17) is 0 Å². The number of ketones is 1. The van der Waals surface area contributed by atoms with Crippen molar-refractivity contribution in [3.63, 3.8) is 0 Å². The minimum Gasteiger partial charge on any atom is -0.385 e. The summed E-state index contributed by atoms with van der Waals surface area (Å²) in [5.74, 6) is -0.0900. The number of hydrogen-bond donors (Lipinski definition) is 1. The second-order valence-corrected chi connectivity index (χ2v) is 8.63. The molecular formula is C25H50O2. The Morgan fingerprint density at radius 3 is 1.07 bits per heavy atom. The molecule has 2 nitrogen and oxygen atoms in total. The van der Waals surface area contributed by atoms with Crippen molar-refractivity contribution in [2.45, 2.75) is 155 Å². The average Bonchev–Trinajstić information content (AvgIpc) is 2.66. The summed E-state index contributed by atoms with van der Waals surface area (Å²) in [6.45, 7) is 3.76. The third kappa shape index (κ3) is 21.8. The highest BCUT2D eigenvalue weighted by Gasteiger charge is 2.07. The van der Waals surface area contributed by atoms with Crippen LogP contribution in [0.25, 0.3) is 0 Å². The van der Waals surface area contributed by atoms with Gasteiger partial charge in [-0.3, -0.25) is 4.79 Å². The van der Waals surface area contributed by atoms with Crippen molar-refractivity contribution in [1.82, 2.24) is 0 Å². The summed E-state index contributed by atoms with van der Waals surface area (Å²) in [5.41, 5.74) is 0. The molecule has 0 amide bonds. The van der Waals surface area contributed by atoms with Crippen molar-refractivity contribution in [2.24, 2.45) is 0 Å². The number of carbonyl (C=O) groups is 1. The Labute approximate surface area is 170 Å². The minimum absolute atomic E-state index is 0.0900. The quantitative estimate of drug-likeness (QED) is 0.192. The fourth-order valence-electron chi connectivity index (χ4n) is 3.80. The van der Waals surface area contributed by atoms with Crippen molar-refractivity contribution in [1.29, 1.82) is 0 Å². The van der Waals surface area contributed by atoms with Gasteiger partial charge < -0.3 is 5.11 Å². The average molecular weight is 383 g/mol. The van der Waals surface area contributed by atoms with E-state index in [2.05, 4.69) is 6.92 Å². The van der Waals surface area contributed by atoms with Gasteiger partial charge >= 0.3 is 0 Å². The van der Waals surface area contributed by atoms with E-state index in [-0.39, 0.29) is 5.78 Å². The van der Waals surface area contributed by atoms with E-state index < -0.39 is 6.10 Å². The molecule has 0 heterocycles. The highest BCUT2D eigenvalue weighted by molar-refractivity contribution is 5.79. The number of unbranched alkanes of at least 4 members (excludes halogenated alkanes) is 19. The molecular weight excluding hydrogens is 332 g/mol. The highest BCUT2D eigenvalue weighted by atomic mass is 16.3. The maximum absolute atomic E-state index is 10.9. The van der Waals surface area contributed by atoms with Crippen LogP contribution in [-0.2, 0) is 4.79 Å². The second kappa shape index (κ2) is 21.9. The van der Waals surface area contributed by atoms with Gasteiger partial charge in [0.2, 0.25) is 0 Å². The van der Waals surface area contributed by atoms with Gasteiger partial charge in [-0.1, -0.05) is 135 Å². The fourth-order valence-corrected chi connectivity index (χ4v) is 3.80.